The maximum atomic E-state index is 6.42. The quantitative estimate of drug-likeness (QED) is 0.891. The van der Waals surface area contributed by atoms with Crippen molar-refractivity contribution < 1.29 is 4.52 Å². The molecule has 3 unspecified atom stereocenters. The van der Waals surface area contributed by atoms with Gasteiger partial charge in [-0.1, -0.05) is 41.9 Å². The molecule has 3 saturated carbocycles. The molecule has 5 heteroatoms. The van der Waals surface area contributed by atoms with Crippen LogP contribution in [-0.2, 0) is 17.4 Å². The van der Waals surface area contributed by atoms with Crippen molar-refractivity contribution in [2.75, 3.05) is 0 Å². The summed E-state index contributed by atoms with van der Waals surface area (Å²) in [6.45, 7) is 0. The van der Waals surface area contributed by atoms with Crippen LogP contribution in [0.15, 0.2) is 34.9 Å². The van der Waals surface area contributed by atoms with Gasteiger partial charge in [0.15, 0.2) is 5.82 Å². The molecule has 1 heterocycles. The molecule has 4 nitrogen and oxygen atoms in total. The molecule has 3 aliphatic rings. The molecule has 1 aromatic carbocycles. The van der Waals surface area contributed by atoms with Gasteiger partial charge in [-0.05, 0) is 62.3 Å². The van der Waals surface area contributed by atoms with Crippen LogP contribution in [0.4, 0.5) is 0 Å². The summed E-state index contributed by atoms with van der Waals surface area (Å²) in [7, 11) is 0. The van der Waals surface area contributed by atoms with E-state index in [1.165, 1.54) is 37.7 Å². The van der Waals surface area contributed by atoms with Crippen LogP contribution in [0.1, 0.15) is 62.2 Å². The van der Waals surface area contributed by atoms with E-state index in [0.29, 0.717) is 5.92 Å². The second kappa shape index (κ2) is 6.10. The van der Waals surface area contributed by atoms with Crippen LogP contribution >= 0.6 is 12.4 Å². The van der Waals surface area contributed by atoms with E-state index in [1.54, 1.807) is 0 Å². The number of aromatic nitrogens is 2. The Balaban J connectivity index is 0.00000157. The van der Waals surface area contributed by atoms with Crippen LogP contribution in [0.5, 0.6) is 0 Å². The predicted molar refractivity (Wildman–Crippen MR) is 98.5 cm³/mol. The van der Waals surface area contributed by atoms with Gasteiger partial charge >= 0.3 is 0 Å². The molecule has 5 rings (SSSR count). The molecule has 2 N–H and O–H groups in total. The number of fused-ring (bicyclic) bond motifs is 2. The lowest BCUT2D eigenvalue weighted by Crippen LogP contribution is -2.44. The summed E-state index contributed by atoms with van der Waals surface area (Å²) in [5.41, 5.74) is 7.48. The zero-order valence-electron chi connectivity index (χ0n) is 14.5. The van der Waals surface area contributed by atoms with E-state index < -0.39 is 0 Å². The van der Waals surface area contributed by atoms with Crippen molar-refractivity contribution in [3.05, 3.63) is 47.6 Å². The van der Waals surface area contributed by atoms with Crippen molar-refractivity contribution >= 4 is 12.4 Å². The summed E-state index contributed by atoms with van der Waals surface area (Å²) in [5.74, 6) is 3.08. The monoisotopic (exact) mass is 359 g/mol. The topological polar surface area (TPSA) is 64.9 Å². The third kappa shape index (κ3) is 2.61. The van der Waals surface area contributed by atoms with Crippen molar-refractivity contribution in [1.29, 1.82) is 0 Å². The summed E-state index contributed by atoms with van der Waals surface area (Å²) in [6, 6.07) is 10.8. The second-order valence-electron chi connectivity index (χ2n) is 8.33. The third-order valence-corrected chi connectivity index (χ3v) is 6.88. The normalized spacial score (nSPS) is 32.2. The highest BCUT2D eigenvalue weighted by Gasteiger charge is 2.55. The number of nitrogens with zero attached hydrogens (tertiary/aromatic N) is 2. The molecule has 0 saturated heterocycles. The molecular weight excluding hydrogens is 334 g/mol. The highest BCUT2D eigenvalue weighted by atomic mass is 35.5. The van der Waals surface area contributed by atoms with E-state index in [2.05, 4.69) is 35.5 Å². The molecule has 0 spiro atoms. The van der Waals surface area contributed by atoms with Crippen LogP contribution < -0.4 is 5.73 Å². The van der Waals surface area contributed by atoms with E-state index in [-0.39, 0.29) is 23.4 Å². The standard InChI is InChI=1S/C20H25N3O.ClH/c21-20(9-4-10-20)17-22-18(24-23-17)19(12-14-5-2-1-3-6-14)13-15-7-8-16(19)11-15;/h1-3,5-6,15-16H,4,7-13,21H2;1H. The van der Waals surface area contributed by atoms with E-state index in [0.717, 1.165) is 36.9 Å². The Morgan fingerprint density at radius 2 is 1.96 bits per heavy atom. The van der Waals surface area contributed by atoms with Crippen molar-refractivity contribution in [2.45, 2.75) is 62.3 Å². The van der Waals surface area contributed by atoms with Crippen LogP contribution in [-0.4, -0.2) is 10.1 Å². The second-order valence-corrected chi connectivity index (χ2v) is 8.33. The molecule has 25 heavy (non-hydrogen) atoms. The molecule has 3 aliphatic carbocycles. The van der Waals surface area contributed by atoms with Crippen LogP contribution in [0.25, 0.3) is 0 Å². The van der Waals surface area contributed by atoms with Crippen LogP contribution in [0.3, 0.4) is 0 Å². The van der Waals surface area contributed by atoms with E-state index in [1.807, 2.05) is 0 Å². The lowest BCUT2D eigenvalue weighted by atomic mass is 9.69. The largest absolute Gasteiger partial charge is 0.339 e. The van der Waals surface area contributed by atoms with Crippen LogP contribution in [0, 0.1) is 11.8 Å². The summed E-state index contributed by atoms with van der Waals surface area (Å²) >= 11 is 0. The molecule has 2 bridgehead atoms. The Bertz CT molecular complexity index is 742. The summed E-state index contributed by atoms with van der Waals surface area (Å²) in [5, 5.41) is 4.31. The van der Waals surface area contributed by atoms with Crippen molar-refractivity contribution in [3.63, 3.8) is 0 Å². The first kappa shape index (κ1) is 17.0. The first-order valence-electron chi connectivity index (χ1n) is 9.35. The minimum absolute atomic E-state index is 0. The number of rotatable bonds is 4. The van der Waals surface area contributed by atoms with Crippen LogP contribution in [0.2, 0.25) is 0 Å². The van der Waals surface area contributed by atoms with Gasteiger partial charge in [0.1, 0.15) is 0 Å². The fourth-order valence-electron chi connectivity index (χ4n) is 5.37. The highest BCUT2D eigenvalue weighted by Crippen LogP contribution is 2.58. The van der Waals surface area contributed by atoms with Gasteiger partial charge in [-0.25, -0.2) is 0 Å². The number of benzene rings is 1. The van der Waals surface area contributed by atoms with Gasteiger partial charge in [0.05, 0.1) is 11.0 Å². The zero-order valence-corrected chi connectivity index (χ0v) is 15.3. The number of hydrogen-bond donors (Lipinski definition) is 1. The summed E-state index contributed by atoms with van der Waals surface area (Å²) in [6.07, 6.45) is 9.29. The Morgan fingerprint density at radius 1 is 1.16 bits per heavy atom. The van der Waals surface area contributed by atoms with Gasteiger partial charge in [-0.15, -0.1) is 12.4 Å². The fraction of sp³-hybridized carbons (Fsp3) is 0.600. The molecule has 1 aromatic heterocycles. The Kier molecular flexibility index (Phi) is 4.16. The third-order valence-electron chi connectivity index (χ3n) is 6.88. The first-order valence-corrected chi connectivity index (χ1v) is 9.35. The van der Waals surface area contributed by atoms with E-state index in [9.17, 15) is 0 Å². The summed E-state index contributed by atoms with van der Waals surface area (Å²) < 4.78 is 5.86. The number of nitrogens with two attached hydrogens (primary N) is 1. The molecule has 0 amide bonds. The lowest BCUT2D eigenvalue weighted by Gasteiger charge is -2.36. The van der Waals surface area contributed by atoms with Crippen molar-refractivity contribution in [2.24, 2.45) is 17.6 Å². The molecule has 3 fully saturated rings. The van der Waals surface area contributed by atoms with Gasteiger partial charge in [-0.2, -0.15) is 4.98 Å². The number of hydrogen-bond acceptors (Lipinski definition) is 4. The number of halogens is 1. The average Bonchev–Trinajstić information content (AvgIpc) is 3.29. The van der Waals surface area contributed by atoms with Crippen molar-refractivity contribution in [3.8, 4) is 0 Å². The van der Waals surface area contributed by atoms with Gasteiger partial charge in [0.25, 0.3) is 0 Å². The molecular formula is C20H26ClN3O. The Morgan fingerprint density at radius 3 is 2.56 bits per heavy atom. The van der Waals surface area contributed by atoms with Gasteiger partial charge < -0.3 is 10.3 Å². The smallest absolute Gasteiger partial charge is 0.233 e. The lowest BCUT2D eigenvalue weighted by molar-refractivity contribution is 0.190. The van der Waals surface area contributed by atoms with E-state index >= 15 is 0 Å². The SMILES string of the molecule is Cl.NC1(c2noc(C3(Cc4ccccc4)CC4CCC3C4)n2)CCC1. The molecule has 3 atom stereocenters. The molecule has 0 radical (unpaired) electrons. The predicted octanol–water partition coefficient (Wildman–Crippen LogP) is 4.13. The Hall–Kier alpha value is -1.39. The minimum atomic E-state index is -0.340. The zero-order chi connectivity index (χ0) is 16.2. The van der Waals surface area contributed by atoms with E-state index in [4.69, 9.17) is 15.2 Å². The van der Waals surface area contributed by atoms with Gasteiger partial charge in [0.2, 0.25) is 5.89 Å². The minimum Gasteiger partial charge on any atom is -0.339 e. The van der Waals surface area contributed by atoms with Gasteiger partial charge in [-0.3, -0.25) is 0 Å². The van der Waals surface area contributed by atoms with Crippen molar-refractivity contribution in [1.82, 2.24) is 10.1 Å². The Labute approximate surface area is 155 Å². The molecule has 0 aliphatic heterocycles. The van der Waals surface area contributed by atoms with Gasteiger partial charge in [0, 0.05) is 0 Å². The average molecular weight is 360 g/mol. The maximum Gasteiger partial charge on any atom is 0.233 e. The molecule has 134 valence electrons. The maximum absolute atomic E-state index is 6.42. The molecule has 2 aromatic rings. The fourth-order valence-corrected chi connectivity index (χ4v) is 5.37. The highest BCUT2D eigenvalue weighted by molar-refractivity contribution is 5.85. The first-order chi connectivity index (χ1) is 11.7. The summed E-state index contributed by atoms with van der Waals surface area (Å²) in [4.78, 5) is 4.87.